The van der Waals surface area contributed by atoms with E-state index in [9.17, 15) is 0 Å². The highest BCUT2D eigenvalue weighted by Crippen LogP contribution is 2.23. The smallest absolute Gasteiger partial charge is 0.0864 e. The van der Waals surface area contributed by atoms with E-state index in [-0.39, 0.29) is 0 Å². The Morgan fingerprint density at radius 3 is 2.87 bits per heavy atom. The second-order valence-corrected chi connectivity index (χ2v) is 3.64. The third-order valence-electron chi connectivity index (χ3n) is 2.22. The highest BCUT2D eigenvalue weighted by Gasteiger charge is 2.08. The van der Waals surface area contributed by atoms with Crippen LogP contribution in [-0.4, -0.2) is 16.3 Å². The van der Waals surface area contributed by atoms with E-state index in [4.69, 9.17) is 17.3 Å². The molecule has 0 aliphatic rings. The summed E-state index contributed by atoms with van der Waals surface area (Å²) in [6.07, 6.45) is 4.41. The van der Waals surface area contributed by atoms with Gasteiger partial charge in [-0.25, -0.2) is 4.68 Å². The van der Waals surface area contributed by atoms with Gasteiger partial charge in [-0.15, -0.1) is 0 Å². The number of aromatic nitrogens is 2. The maximum absolute atomic E-state index is 6.15. The molecule has 2 aromatic rings. The molecular formula is C11H12ClN3. The number of benzene rings is 1. The van der Waals surface area contributed by atoms with Gasteiger partial charge in [-0.2, -0.15) is 5.10 Å². The van der Waals surface area contributed by atoms with E-state index in [0.717, 1.165) is 17.7 Å². The zero-order chi connectivity index (χ0) is 10.7. The second kappa shape index (κ2) is 4.47. The summed E-state index contributed by atoms with van der Waals surface area (Å²) in [4.78, 5) is 0. The molecule has 0 radical (unpaired) electrons. The lowest BCUT2D eigenvalue weighted by Gasteiger charge is -2.10. The van der Waals surface area contributed by atoms with E-state index >= 15 is 0 Å². The monoisotopic (exact) mass is 221 g/mol. The third-order valence-corrected chi connectivity index (χ3v) is 2.52. The molecule has 2 N–H and O–H groups in total. The summed E-state index contributed by atoms with van der Waals surface area (Å²) in [5.74, 6) is 0. The van der Waals surface area contributed by atoms with E-state index in [0.29, 0.717) is 11.6 Å². The third kappa shape index (κ3) is 2.03. The number of para-hydroxylation sites is 1. The highest BCUT2D eigenvalue weighted by molar-refractivity contribution is 6.32. The molecule has 1 aromatic carbocycles. The van der Waals surface area contributed by atoms with Crippen LogP contribution in [0.4, 0.5) is 0 Å². The van der Waals surface area contributed by atoms with E-state index in [2.05, 4.69) is 5.10 Å². The average Bonchev–Trinajstić information content (AvgIpc) is 2.71. The molecule has 78 valence electrons. The van der Waals surface area contributed by atoms with Crippen molar-refractivity contribution in [1.29, 1.82) is 0 Å². The first-order chi connectivity index (χ1) is 7.33. The molecule has 2 rings (SSSR count). The molecule has 1 heterocycles. The van der Waals surface area contributed by atoms with E-state index in [1.165, 1.54) is 0 Å². The SMILES string of the molecule is NCCc1cccc(Cl)c1-n1cccn1. The molecule has 1 aromatic heterocycles. The first-order valence-electron chi connectivity index (χ1n) is 4.80. The number of halogens is 1. The van der Waals surface area contributed by atoms with Crippen molar-refractivity contribution in [3.05, 3.63) is 47.2 Å². The van der Waals surface area contributed by atoms with Crippen molar-refractivity contribution >= 4 is 11.6 Å². The Balaban J connectivity index is 2.52. The lowest BCUT2D eigenvalue weighted by molar-refractivity contribution is 0.851. The van der Waals surface area contributed by atoms with Gasteiger partial charge >= 0.3 is 0 Å². The van der Waals surface area contributed by atoms with E-state index in [1.807, 2.05) is 30.5 Å². The van der Waals surface area contributed by atoms with Gasteiger partial charge in [-0.05, 0) is 30.7 Å². The van der Waals surface area contributed by atoms with Crippen LogP contribution < -0.4 is 5.73 Å². The molecule has 0 bridgehead atoms. The molecule has 0 amide bonds. The predicted octanol–water partition coefficient (Wildman–Crippen LogP) is 2.03. The molecule has 4 heteroatoms. The van der Waals surface area contributed by atoms with Gasteiger partial charge in [-0.1, -0.05) is 23.7 Å². The van der Waals surface area contributed by atoms with Crippen LogP contribution >= 0.6 is 11.6 Å². The average molecular weight is 222 g/mol. The van der Waals surface area contributed by atoms with Gasteiger partial charge in [0, 0.05) is 12.4 Å². The van der Waals surface area contributed by atoms with Crippen LogP contribution in [0.1, 0.15) is 5.56 Å². The van der Waals surface area contributed by atoms with Gasteiger partial charge in [0.15, 0.2) is 0 Å². The molecular weight excluding hydrogens is 210 g/mol. The lowest BCUT2D eigenvalue weighted by atomic mass is 10.1. The summed E-state index contributed by atoms with van der Waals surface area (Å²) >= 11 is 6.15. The van der Waals surface area contributed by atoms with Gasteiger partial charge < -0.3 is 5.73 Å². The van der Waals surface area contributed by atoms with Crippen LogP contribution in [-0.2, 0) is 6.42 Å². The van der Waals surface area contributed by atoms with Crippen LogP contribution in [0, 0.1) is 0 Å². The standard InChI is InChI=1S/C11H12ClN3/c12-10-4-1-3-9(5-6-13)11(10)15-8-2-7-14-15/h1-4,7-8H,5-6,13H2. The molecule has 0 aliphatic heterocycles. The maximum atomic E-state index is 6.15. The van der Waals surface area contributed by atoms with Crippen LogP contribution in [0.25, 0.3) is 5.69 Å². The summed E-state index contributed by atoms with van der Waals surface area (Å²) in [5, 5.41) is 4.88. The molecule has 0 atom stereocenters. The van der Waals surface area contributed by atoms with Gasteiger partial charge in [-0.3, -0.25) is 0 Å². The van der Waals surface area contributed by atoms with E-state index < -0.39 is 0 Å². The summed E-state index contributed by atoms with van der Waals surface area (Å²) in [6, 6.07) is 7.68. The molecule has 0 fully saturated rings. The van der Waals surface area contributed by atoms with Crippen molar-refractivity contribution in [2.75, 3.05) is 6.54 Å². The quantitative estimate of drug-likeness (QED) is 0.862. The predicted molar refractivity (Wildman–Crippen MR) is 61.3 cm³/mol. The maximum Gasteiger partial charge on any atom is 0.0864 e. The Labute approximate surface area is 93.5 Å². The number of hydrogen-bond donors (Lipinski definition) is 1. The highest BCUT2D eigenvalue weighted by atomic mass is 35.5. The van der Waals surface area contributed by atoms with Crippen LogP contribution in [0.2, 0.25) is 5.02 Å². The number of hydrogen-bond acceptors (Lipinski definition) is 2. The van der Waals surface area contributed by atoms with Crippen molar-refractivity contribution in [2.24, 2.45) is 5.73 Å². The zero-order valence-corrected chi connectivity index (χ0v) is 8.98. The minimum atomic E-state index is 0.606. The van der Waals surface area contributed by atoms with Crippen molar-refractivity contribution in [3.8, 4) is 5.69 Å². The number of rotatable bonds is 3. The van der Waals surface area contributed by atoms with Crippen molar-refractivity contribution in [3.63, 3.8) is 0 Å². The summed E-state index contributed by atoms with van der Waals surface area (Å²) in [7, 11) is 0. The Hall–Kier alpha value is -1.32. The summed E-state index contributed by atoms with van der Waals surface area (Å²) in [5.41, 5.74) is 7.60. The number of nitrogens with zero attached hydrogens (tertiary/aromatic N) is 2. The minimum absolute atomic E-state index is 0.606. The first-order valence-corrected chi connectivity index (χ1v) is 5.18. The van der Waals surface area contributed by atoms with E-state index in [1.54, 1.807) is 10.9 Å². The van der Waals surface area contributed by atoms with Crippen molar-refractivity contribution in [2.45, 2.75) is 6.42 Å². The fourth-order valence-electron chi connectivity index (χ4n) is 1.57. The summed E-state index contributed by atoms with van der Waals surface area (Å²) < 4.78 is 1.77. The minimum Gasteiger partial charge on any atom is -0.330 e. The normalized spacial score (nSPS) is 10.5. The number of nitrogens with two attached hydrogens (primary N) is 1. The Kier molecular flexibility index (Phi) is 3.04. The lowest BCUT2D eigenvalue weighted by Crippen LogP contribution is -2.07. The Bertz CT molecular complexity index is 437. The van der Waals surface area contributed by atoms with Gasteiger partial charge in [0.1, 0.15) is 0 Å². The van der Waals surface area contributed by atoms with Crippen molar-refractivity contribution < 1.29 is 0 Å². The Morgan fingerprint density at radius 2 is 2.20 bits per heavy atom. The largest absolute Gasteiger partial charge is 0.330 e. The fourth-order valence-corrected chi connectivity index (χ4v) is 1.86. The molecule has 0 saturated carbocycles. The Morgan fingerprint density at radius 1 is 1.33 bits per heavy atom. The molecule has 15 heavy (non-hydrogen) atoms. The van der Waals surface area contributed by atoms with Gasteiger partial charge in [0.25, 0.3) is 0 Å². The molecule has 0 spiro atoms. The molecule has 0 aliphatic carbocycles. The van der Waals surface area contributed by atoms with Crippen LogP contribution in [0.3, 0.4) is 0 Å². The molecule has 0 saturated heterocycles. The first kappa shape index (κ1) is 10.2. The molecule has 0 unspecified atom stereocenters. The van der Waals surface area contributed by atoms with Crippen LogP contribution in [0.15, 0.2) is 36.7 Å². The second-order valence-electron chi connectivity index (χ2n) is 3.24. The topological polar surface area (TPSA) is 43.8 Å². The van der Waals surface area contributed by atoms with Gasteiger partial charge in [0.05, 0.1) is 10.7 Å². The van der Waals surface area contributed by atoms with Crippen LogP contribution in [0.5, 0.6) is 0 Å². The molecule has 3 nitrogen and oxygen atoms in total. The zero-order valence-electron chi connectivity index (χ0n) is 8.23. The van der Waals surface area contributed by atoms with Gasteiger partial charge in [0.2, 0.25) is 0 Å². The van der Waals surface area contributed by atoms with Crippen molar-refractivity contribution in [1.82, 2.24) is 9.78 Å². The summed E-state index contributed by atoms with van der Waals surface area (Å²) in [6.45, 7) is 0.606. The fraction of sp³-hybridized carbons (Fsp3) is 0.182.